The maximum absolute atomic E-state index is 13.6. The van der Waals surface area contributed by atoms with E-state index < -0.39 is 11.7 Å². The van der Waals surface area contributed by atoms with Crippen molar-refractivity contribution in [2.24, 2.45) is 0 Å². The van der Waals surface area contributed by atoms with Gasteiger partial charge in [0.1, 0.15) is 23.4 Å². The van der Waals surface area contributed by atoms with Crippen LogP contribution >= 0.6 is 0 Å². The first-order valence-corrected chi connectivity index (χ1v) is 10.2. The Hall–Kier alpha value is -4.33. The van der Waals surface area contributed by atoms with Crippen LogP contribution < -0.4 is 25.0 Å². The molecule has 1 N–H and O–H groups in total. The van der Waals surface area contributed by atoms with E-state index in [4.69, 9.17) is 18.6 Å². The minimum atomic E-state index is -0.541. The van der Waals surface area contributed by atoms with Gasteiger partial charge in [0.05, 0.1) is 17.7 Å². The van der Waals surface area contributed by atoms with Crippen LogP contribution in [-0.2, 0) is 4.79 Å². The van der Waals surface area contributed by atoms with Gasteiger partial charge in [0, 0.05) is 6.07 Å². The van der Waals surface area contributed by atoms with Crippen LogP contribution in [-0.4, -0.2) is 19.1 Å². The summed E-state index contributed by atoms with van der Waals surface area (Å²) in [6.45, 7) is 1.96. The molecule has 1 aromatic heterocycles. The van der Waals surface area contributed by atoms with Crippen molar-refractivity contribution in [2.45, 2.75) is 6.92 Å². The maximum atomic E-state index is 13.6. The summed E-state index contributed by atoms with van der Waals surface area (Å²) in [5.74, 6) is 0.152. The number of rotatable bonds is 8. The second-order valence-corrected chi connectivity index (χ2v) is 6.89. The first-order chi connectivity index (χ1) is 16.0. The Labute approximate surface area is 188 Å². The van der Waals surface area contributed by atoms with Gasteiger partial charge in [0.15, 0.2) is 18.1 Å². The molecule has 0 fully saturated rings. The van der Waals surface area contributed by atoms with Crippen molar-refractivity contribution in [2.75, 3.05) is 18.5 Å². The highest BCUT2D eigenvalue weighted by Crippen LogP contribution is 2.31. The lowest BCUT2D eigenvalue weighted by Crippen LogP contribution is -2.20. The molecule has 0 aliphatic rings. The molecule has 0 spiro atoms. The van der Waals surface area contributed by atoms with Gasteiger partial charge in [0.25, 0.3) is 5.91 Å². The molecule has 0 radical (unpaired) electrons. The summed E-state index contributed by atoms with van der Waals surface area (Å²) in [7, 11) is 0. The number of hydrogen-bond acceptors (Lipinski definition) is 6. The summed E-state index contributed by atoms with van der Waals surface area (Å²) in [5, 5.41) is 2.71. The summed E-state index contributed by atoms with van der Waals surface area (Å²) in [4.78, 5) is 24.9. The second kappa shape index (κ2) is 9.86. The number of fused-ring (bicyclic) bond motifs is 1. The van der Waals surface area contributed by atoms with Gasteiger partial charge in [-0.15, -0.1) is 0 Å². The lowest BCUT2D eigenvalue weighted by molar-refractivity contribution is -0.118. The van der Waals surface area contributed by atoms with Crippen LogP contribution in [0.2, 0.25) is 0 Å². The van der Waals surface area contributed by atoms with Crippen molar-refractivity contribution >= 4 is 22.6 Å². The van der Waals surface area contributed by atoms with E-state index in [-0.39, 0.29) is 34.4 Å². The van der Waals surface area contributed by atoms with Crippen LogP contribution in [0.15, 0.2) is 82.2 Å². The number of halogens is 1. The van der Waals surface area contributed by atoms with Gasteiger partial charge >= 0.3 is 0 Å². The van der Waals surface area contributed by atoms with E-state index in [9.17, 15) is 14.0 Å². The number of benzene rings is 3. The summed E-state index contributed by atoms with van der Waals surface area (Å²) >= 11 is 0. The molecular formula is C25H20FNO6. The zero-order chi connectivity index (χ0) is 23.2. The largest absolute Gasteiger partial charge is 0.490 e. The van der Waals surface area contributed by atoms with Crippen LogP contribution in [0.25, 0.3) is 11.0 Å². The monoisotopic (exact) mass is 449 g/mol. The van der Waals surface area contributed by atoms with Gasteiger partial charge in [-0.1, -0.05) is 24.3 Å². The predicted octanol–water partition coefficient (Wildman–Crippen LogP) is 5.14. The Balaban J connectivity index is 1.47. The highest BCUT2D eigenvalue weighted by Gasteiger charge is 2.13. The molecule has 0 bridgehead atoms. The number of ether oxygens (including phenoxy) is 3. The van der Waals surface area contributed by atoms with Crippen LogP contribution in [0, 0.1) is 5.82 Å². The molecular weight excluding hydrogens is 429 g/mol. The Kier molecular flexibility index (Phi) is 6.54. The average molecular weight is 449 g/mol. The number of hydrogen-bond donors (Lipinski definition) is 1. The third-order valence-corrected chi connectivity index (χ3v) is 4.60. The van der Waals surface area contributed by atoms with Crippen LogP contribution in [0.5, 0.6) is 23.0 Å². The van der Waals surface area contributed by atoms with Crippen LogP contribution in [0.3, 0.4) is 0 Å². The molecule has 8 heteroatoms. The quantitative estimate of drug-likeness (QED) is 0.401. The molecule has 4 rings (SSSR count). The third-order valence-electron chi connectivity index (χ3n) is 4.60. The summed E-state index contributed by atoms with van der Waals surface area (Å²) in [6.07, 6.45) is 1.21. The smallest absolute Gasteiger partial charge is 0.262 e. The van der Waals surface area contributed by atoms with Gasteiger partial charge < -0.3 is 23.9 Å². The Morgan fingerprint density at radius 1 is 0.970 bits per heavy atom. The minimum absolute atomic E-state index is 0.00702. The van der Waals surface area contributed by atoms with E-state index in [1.54, 1.807) is 30.3 Å². The summed E-state index contributed by atoms with van der Waals surface area (Å²) in [5.41, 5.74) is -0.0436. The Bertz CT molecular complexity index is 1350. The van der Waals surface area contributed by atoms with Crippen molar-refractivity contribution in [3.8, 4) is 23.0 Å². The van der Waals surface area contributed by atoms with Crippen molar-refractivity contribution in [1.82, 2.24) is 0 Å². The fourth-order valence-corrected chi connectivity index (χ4v) is 3.08. The fraction of sp³-hybridized carbons (Fsp3) is 0.120. The molecule has 3 aromatic carbocycles. The molecule has 4 aromatic rings. The molecule has 7 nitrogen and oxygen atoms in total. The van der Waals surface area contributed by atoms with E-state index in [0.29, 0.717) is 23.9 Å². The van der Waals surface area contributed by atoms with E-state index in [0.717, 1.165) is 0 Å². The molecule has 33 heavy (non-hydrogen) atoms. The van der Waals surface area contributed by atoms with Crippen LogP contribution in [0.1, 0.15) is 6.92 Å². The first kappa shape index (κ1) is 21.9. The number of para-hydroxylation sites is 3. The van der Waals surface area contributed by atoms with Gasteiger partial charge in [0.2, 0.25) is 11.2 Å². The van der Waals surface area contributed by atoms with Gasteiger partial charge in [-0.3, -0.25) is 9.59 Å². The highest BCUT2D eigenvalue weighted by molar-refractivity contribution is 5.92. The zero-order valence-electron chi connectivity index (χ0n) is 17.7. The van der Waals surface area contributed by atoms with E-state index in [1.807, 2.05) is 6.92 Å². The SMILES string of the molecule is CCOc1ccccc1Oc1coc2cc(OCC(=O)Nc3ccccc3F)ccc2c1=O. The Morgan fingerprint density at radius 3 is 2.52 bits per heavy atom. The normalized spacial score (nSPS) is 10.6. The number of carbonyl (C=O) groups is 1. The number of amides is 1. The molecule has 0 aliphatic carbocycles. The average Bonchev–Trinajstić information content (AvgIpc) is 2.82. The number of anilines is 1. The molecule has 0 saturated heterocycles. The molecule has 0 aliphatic heterocycles. The van der Waals surface area contributed by atoms with Gasteiger partial charge in [-0.05, 0) is 43.3 Å². The second-order valence-electron chi connectivity index (χ2n) is 6.89. The van der Waals surface area contributed by atoms with Crippen LogP contribution in [0.4, 0.5) is 10.1 Å². The summed E-state index contributed by atoms with van der Waals surface area (Å²) in [6, 6.07) is 17.4. The van der Waals surface area contributed by atoms with E-state index >= 15 is 0 Å². The lowest BCUT2D eigenvalue weighted by atomic mass is 10.2. The Morgan fingerprint density at radius 2 is 1.73 bits per heavy atom. The lowest BCUT2D eigenvalue weighted by Gasteiger charge is -2.11. The molecule has 168 valence electrons. The molecule has 0 atom stereocenters. The topological polar surface area (TPSA) is 87.0 Å². The molecule has 1 amide bonds. The van der Waals surface area contributed by atoms with Gasteiger partial charge in [-0.2, -0.15) is 0 Å². The van der Waals surface area contributed by atoms with E-state index in [2.05, 4.69) is 5.32 Å². The zero-order valence-corrected chi connectivity index (χ0v) is 17.7. The van der Waals surface area contributed by atoms with Crippen molar-refractivity contribution in [3.05, 3.63) is 89.0 Å². The summed E-state index contributed by atoms with van der Waals surface area (Å²) < 4.78 is 35.9. The maximum Gasteiger partial charge on any atom is 0.262 e. The minimum Gasteiger partial charge on any atom is -0.490 e. The van der Waals surface area contributed by atoms with Crippen molar-refractivity contribution in [1.29, 1.82) is 0 Å². The third kappa shape index (κ3) is 5.12. The van der Waals surface area contributed by atoms with Gasteiger partial charge in [-0.25, -0.2) is 4.39 Å². The predicted molar refractivity (Wildman–Crippen MR) is 121 cm³/mol. The standard InChI is InChI=1S/C25H20FNO6/c1-2-30-20-9-5-6-10-21(20)33-23-14-32-22-13-16(11-12-17(22)25(23)29)31-15-24(28)27-19-8-4-3-7-18(19)26/h3-14H,2,15H2,1H3,(H,27,28). The molecule has 0 saturated carbocycles. The number of nitrogens with one attached hydrogen (secondary N) is 1. The van der Waals surface area contributed by atoms with Crippen molar-refractivity contribution < 1.29 is 27.8 Å². The highest BCUT2D eigenvalue weighted by atomic mass is 19.1. The molecule has 0 unspecified atom stereocenters. The van der Waals surface area contributed by atoms with Crippen molar-refractivity contribution in [3.63, 3.8) is 0 Å². The number of carbonyl (C=O) groups excluding carboxylic acids is 1. The van der Waals surface area contributed by atoms with E-state index in [1.165, 1.54) is 42.7 Å². The first-order valence-electron chi connectivity index (χ1n) is 10.2. The molecule has 1 heterocycles. The fourth-order valence-electron chi connectivity index (χ4n) is 3.08.